The van der Waals surface area contributed by atoms with Gasteiger partial charge in [-0.25, -0.2) is 19.2 Å². The van der Waals surface area contributed by atoms with Crippen LogP contribution in [0.25, 0.3) is 11.3 Å². The van der Waals surface area contributed by atoms with E-state index in [2.05, 4.69) is 20.5 Å². The minimum absolute atomic E-state index is 0.0158. The van der Waals surface area contributed by atoms with Gasteiger partial charge in [0.1, 0.15) is 24.0 Å². The molecule has 4 aromatic rings. The third kappa shape index (κ3) is 5.69. The van der Waals surface area contributed by atoms with Crippen LogP contribution in [0.3, 0.4) is 0 Å². The number of nitrogens with zero attached hydrogens (tertiary/aromatic N) is 3. The van der Waals surface area contributed by atoms with Crippen LogP contribution in [-0.4, -0.2) is 16.2 Å². The molecule has 2 N–H and O–H groups in total. The molecule has 10 heteroatoms. The summed E-state index contributed by atoms with van der Waals surface area (Å²) < 4.78 is 32.3. The molecule has 4 rings (SSSR count). The maximum Gasteiger partial charge on any atom is 0.270 e. The van der Waals surface area contributed by atoms with Crippen LogP contribution in [0.15, 0.2) is 76.6 Å². The minimum Gasteiger partial charge on any atom is -0.488 e. The molecule has 7 nitrogen and oxygen atoms in total. The highest BCUT2D eigenvalue weighted by Gasteiger charge is 2.13. The van der Waals surface area contributed by atoms with Crippen molar-refractivity contribution >= 4 is 23.8 Å². The normalized spacial score (nSPS) is 10.8. The number of aromatic nitrogens is 2. The van der Waals surface area contributed by atoms with E-state index in [9.17, 15) is 18.8 Å². The van der Waals surface area contributed by atoms with E-state index in [1.54, 1.807) is 42.5 Å². The van der Waals surface area contributed by atoms with Crippen LogP contribution < -0.4 is 15.7 Å². The molecule has 0 bridgehead atoms. The van der Waals surface area contributed by atoms with Crippen molar-refractivity contribution in [3.63, 3.8) is 0 Å². The Kier molecular flexibility index (Phi) is 7.14. The van der Waals surface area contributed by atoms with Crippen molar-refractivity contribution in [3.05, 3.63) is 110 Å². The van der Waals surface area contributed by atoms with Gasteiger partial charge in [-0.1, -0.05) is 48.0 Å². The van der Waals surface area contributed by atoms with Gasteiger partial charge in [-0.15, -0.1) is 0 Å². The Hall–Kier alpha value is -4.55. The molecule has 1 heterocycles. The summed E-state index contributed by atoms with van der Waals surface area (Å²) in [6, 6.07) is 19.0. The van der Waals surface area contributed by atoms with Crippen LogP contribution in [0.1, 0.15) is 16.7 Å². The van der Waals surface area contributed by atoms with Gasteiger partial charge in [0, 0.05) is 16.1 Å². The number of H-pyrrole nitrogens is 1. The molecule has 0 amide bonds. The first-order chi connectivity index (χ1) is 16.9. The van der Waals surface area contributed by atoms with Gasteiger partial charge in [0.15, 0.2) is 11.6 Å². The van der Waals surface area contributed by atoms with E-state index in [1.807, 2.05) is 12.1 Å². The molecule has 0 saturated heterocycles. The predicted octanol–water partition coefficient (Wildman–Crippen LogP) is 5.27. The lowest BCUT2D eigenvalue weighted by molar-refractivity contribution is 0.304. The summed E-state index contributed by atoms with van der Waals surface area (Å²) in [5.74, 6) is -1.50. The van der Waals surface area contributed by atoms with Gasteiger partial charge in [-0.2, -0.15) is 10.4 Å². The van der Waals surface area contributed by atoms with Gasteiger partial charge < -0.3 is 4.74 Å². The van der Waals surface area contributed by atoms with Crippen LogP contribution in [0.5, 0.6) is 5.75 Å². The highest BCUT2D eigenvalue weighted by Crippen LogP contribution is 2.23. The Bertz CT molecular complexity index is 1500. The number of anilines is 1. The number of halogens is 3. The highest BCUT2D eigenvalue weighted by atomic mass is 35.5. The Morgan fingerprint density at radius 2 is 1.91 bits per heavy atom. The zero-order valence-electron chi connectivity index (χ0n) is 17.9. The molecule has 35 heavy (non-hydrogen) atoms. The molecule has 0 spiro atoms. The largest absolute Gasteiger partial charge is 0.488 e. The first kappa shape index (κ1) is 23.6. The van der Waals surface area contributed by atoms with E-state index in [1.165, 1.54) is 12.3 Å². The standard InChI is InChI=1S/C25H16ClF2N5O2/c26-18-7-9-22(35-14-15-6-8-20(27)21(28)10-15)17(11-18)13-30-33-25-31-23(16-4-2-1-3-5-16)19(12-29)24(34)32-25/h1-11,13H,14H2,(H2,31,32,33,34). The van der Waals surface area contributed by atoms with Crippen molar-refractivity contribution in [1.82, 2.24) is 9.97 Å². The Morgan fingerprint density at radius 1 is 1.11 bits per heavy atom. The third-order valence-corrected chi connectivity index (χ3v) is 5.04. The molecule has 174 valence electrons. The number of hydrogen-bond acceptors (Lipinski definition) is 6. The van der Waals surface area contributed by atoms with Gasteiger partial charge >= 0.3 is 0 Å². The van der Waals surface area contributed by atoms with Crippen LogP contribution in [0.2, 0.25) is 5.02 Å². The third-order valence-electron chi connectivity index (χ3n) is 4.80. The fourth-order valence-corrected chi connectivity index (χ4v) is 3.32. The van der Waals surface area contributed by atoms with Gasteiger partial charge in [-0.05, 0) is 35.9 Å². The Morgan fingerprint density at radius 3 is 2.66 bits per heavy atom. The van der Waals surface area contributed by atoms with E-state index in [0.29, 0.717) is 27.5 Å². The second-order valence-corrected chi connectivity index (χ2v) is 7.64. The minimum atomic E-state index is -0.966. The van der Waals surface area contributed by atoms with E-state index in [-0.39, 0.29) is 23.8 Å². The lowest BCUT2D eigenvalue weighted by Gasteiger charge is -2.10. The molecule has 0 saturated carbocycles. The number of aromatic amines is 1. The van der Waals surface area contributed by atoms with Gasteiger partial charge in [0.05, 0.1) is 11.9 Å². The number of ether oxygens (including phenoxy) is 1. The van der Waals surface area contributed by atoms with Crippen LogP contribution in [0, 0.1) is 23.0 Å². The van der Waals surface area contributed by atoms with Crippen LogP contribution >= 0.6 is 11.6 Å². The zero-order chi connectivity index (χ0) is 24.8. The number of hydrazone groups is 1. The van der Waals surface area contributed by atoms with Gasteiger partial charge in [0.25, 0.3) is 5.56 Å². The fraction of sp³-hybridized carbons (Fsp3) is 0.0400. The average molecular weight is 492 g/mol. The van der Waals surface area contributed by atoms with Crippen molar-refractivity contribution in [2.24, 2.45) is 5.10 Å². The molecular formula is C25H16ClF2N5O2. The number of benzene rings is 3. The summed E-state index contributed by atoms with van der Waals surface area (Å²) in [6.45, 7) is -0.0158. The van der Waals surface area contributed by atoms with Crippen molar-refractivity contribution in [1.29, 1.82) is 5.26 Å². The number of nitrogens with one attached hydrogen (secondary N) is 2. The molecule has 1 aromatic heterocycles. The van der Waals surface area contributed by atoms with E-state index >= 15 is 0 Å². The first-order valence-electron chi connectivity index (χ1n) is 10.2. The number of nitriles is 1. The second-order valence-electron chi connectivity index (χ2n) is 7.21. The molecule has 3 aromatic carbocycles. The summed E-state index contributed by atoms with van der Waals surface area (Å²) in [7, 11) is 0. The Balaban J connectivity index is 1.55. The molecular weight excluding hydrogens is 476 g/mol. The van der Waals surface area contributed by atoms with Crippen molar-refractivity contribution in [2.45, 2.75) is 6.61 Å². The SMILES string of the molecule is N#Cc1c(-c2ccccc2)nc(NN=Cc2cc(Cl)ccc2OCc2ccc(F)c(F)c2)[nH]c1=O. The Labute approximate surface area is 203 Å². The summed E-state index contributed by atoms with van der Waals surface area (Å²) >= 11 is 6.09. The first-order valence-corrected chi connectivity index (χ1v) is 10.6. The van der Waals surface area contributed by atoms with Crippen molar-refractivity contribution in [3.8, 4) is 23.1 Å². The van der Waals surface area contributed by atoms with Crippen molar-refractivity contribution in [2.75, 3.05) is 5.43 Å². The highest BCUT2D eigenvalue weighted by molar-refractivity contribution is 6.30. The molecule has 0 aliphatic heterocycles. The average Bonchev–Trinajstić information content (AvgIpc) is 2.86. The van der Waals surface area contributed by atoms with E-state index < -0.39 is 17.2 Å². The zero-order valence-corrected chi connectivity index (χ0v) is 18.7. The van der Waals surface area contributed by atoms with E-state index in [0.717, 1.165) is 12.1 Å². The summed E-state index contributed by atoms with van der Waals surface area (Å²) in [4.78, 5) is 19.1. The van der Waals surface area contributed by atoms with E-state index in [4.69, 9.17) is 16.3 Å². The van der Waals surface area contributed by atoms with Gasteiger partial charge in [0.2, 0.25) is 5.95 Å². The summed E-state index contributed by atoms with van der Waals surface area (Å²) in [5.41, 5.74) is 3.64. The summed E-state index contributed by atoms with van der Waals surface area (Å²) in [6.07, 6.45) is 1.40. The maximum absolute atomic E-state index is 13.5. The molecule has 0 aliphatic rings. The van der Waals surface area contributed by atoms with Gasteiger partial charge in [-0.3, -0.25) is 9.78 Å². The molecule has 0 radical (unpaired) electrons. The topological polar surface area (TPSA) is 103 Å². The lowest BCUT2D eigenvalue weighted by Crippen LogP contribution is -2.16. The maximum atomic E-state index is 13.5. The van der Waals surface area contributed by atoms with Crippen molar-refractivity contribution < 1.29 is 13.5 Å². The lowest BCUT2D eigenvalue weighted by atomic mass is 10.1. The molecule has 0 aliphatic carbocycles. The number of rotatable bonds is 7. The molecule has 0 atom stereocenters. The molecule has 0 fully saturated rings. The van der Waals surface area contributed by atoms with Crippen LogP contribution in [0.4, 0.5) is 14.7 Å². The monoisotopic (exact) mass is 491 g/mol. The second kappa shape index (κ2) is 10.6. The van der Waals surface area contributed by atoms with Crippen LogP contribution in [-0.2, 0) is 6.61 Å². The quantitative estimate of drug-likeness (QED) is 0.271. The predicted molar refractivity (Wildman–Crippen MR) is 128 cm³/mol. The number of hydrogen-bond donors (Lipinski definition) is 2. The fourth-order valence-electron chi connectivity index (χ4n) is 3.14. The smallest absolute Gasteiger partial charge is 0.270 e. The summed E-state index contributed by atoms with van der Waals surface area (Å²) in [5, 5.41) is 13.9. The molecule has 0 unspecified atom stereocenters.